The molecule has 0 spiro atoms. The highest BCUT2D eigenvalue weighted by atomic mass is 16.6. The second kappa shape index (κ2) is 7.48. The van der Waals surface area contributed by atoms with Crippen LogP contribution in [0.5, 0.6) is 0 Å². The summed E-state index contributed by atoms with van der Waals surface area (Å²) < 4.78 is 2.16. The molecule has 0 unspecified atom stereocenters. The molecular weight excluding hydrogens is 320 g/mol. The third kappa shape index (κ3) is 4.14. The quantitative estimate of drug-likeness (QED) is 0.407. The van der Waals surface area contributed by atoms with Crippen LogP contribution >= 0.6 is 0 Å². The first-order valence-corrected chi connectivity index (χ1v) is 7.97. The van der Waals surface area contributed by atoms with Crippen LogP contribution in [0, 0.1) is 10.1 Å². The second-order valence-corrected chi connectivity index (χ2v) is 5.61. The number of urea groups is 1. The zero-order chi connectivity index (χ0) is 17.6. The maximum atomic E-state index is 11.8. The Morgan fingerprint density at radius 3 is 2.60 bits per heavy atom. The molecule has 128 valence electrons. The average molecular weight is 338 g/mol. The minimum absolute atomic E-state index is 0.00935. The lowest BCUT2D eigenvalue weighted by molar-refractivity contribution is -0.384. The third-order valence-electron chi connectivity index (χ3n) is 3.88. The summed E-state index contributed by atoms with van der Waals surface area (Å²) in [6.45, 7) is 1.34. The number of rotatable bonds is 6. The fourth-order valence-corrected chi connectivity index (χ4v) is 2.63. The van der Waals surface area contributed by atoms with Gasteiger partial charge >= 0.3 is 6.03 Å². The molecule has 0 aliphatic heterocycles. The minimum atomic E-state index is -0.477. The standard InChI is InChI=1S/C18H18N4O3/c23-18(20-15-6-8-16(9-7-15)22(24)25)19-11-3-12-21-13-10-14-4-1-2-5-17(14)21/h1-2,4-10,13H,3,11-12H2,(H2,19,20,23). The summed E-state index contributed by atoms with van der Waals surface area (Å²) in [6.07, 6.45) is 2.84. The van der Waals surface area contributed by atoms with E-state index in [1.165, 1.54) is 35.2 Å². The van der Waals surface area contributed by atoms with Crippen molar-refractivity contribution in [3.05, 3.63) is 70.9 Å². The minimum Gasteiger partial charge on any atom is -0.347 e. The number of benzene rings is 2. The largest absolute Gasteiger partial charge is 0.347 e. The Kier molecular flexibility index (Phi) is 4.94. The number of fused-ring (bicyclic) bond motifs is 1. The van der Waals surface area contributed by atoms with Crippen LogP contribution in [0.15, 0.2) is 60.8 Å². The summed E-state index contributed by atoms with van der Waals surface area (Å²) in [5.74, 6) is 0. The van der Waals surface area contributed by atoms with Gasteiger partial charge in [0.25, 0.3) is 5.69 Å². The molecule has 2 N–H and O–H groups in total. The Bertz CT molecular complexity index is 887. The van der Waals surface area contributed by atoms with E-state index in [4.69, 9.17) is 0 Å². The van der Waals surface area contributed by atoms with Crippen molar-refractivity contribution in [2.45, 2.75) is 13.0 Å². The van der Waals surface area contributed by atoms with Gasteiger partial charge in [0.1, 0.15) is 0 Å². The fraction of sp³-hybridized carbons (Fsp3) is 0.167. The number of carbonyl (C=O) groups excluding carboxylic acids is 1. The van der Waals surface area contributed by atoms with Gasteiger partial charge in [-0.05, 0) is 36.1 Å². The number of nitro groups is 1. The van der Waals surface area contributed by atoms with Crippen molar-refractivity contribution in [1.82, 2.24) is 9.88 Å². The first-order valence-electron chi connectivity index (χ1n) is 7.97. The third-order valence-corrected chi connectivity index (χ3v) is 3.88. The molecule has 0 saturated heterocycles. The molecule has 0 aliphatic carbocycles. The Morgan fingerprint density at radius 1 is 1.08 bits per heavy atom. The monoisotopic (exact) mass is 338 g/mol. The number of nitrogens with zero attached hydrogens (tertiary/aromatic N) is 2. The van der Waals surface area contributed by atoms with Crippen molar-refractivity contribution in [3.8, 4) is 0 Å². The smallest absolute Gasteiger partial charge is 0.319 e. The molecule has 0 atom stereocenters. The van der Waals surface area contributed by atoms with E-state index < -0.39 is 4.92 Å². The van der Waals surface area contributed by atoms with E-state index in [0.717, 1.165) is 13.0 Å². The molecule has 25 heavy (non-hydrogen) atoms. The summed E-state index contributed by atoms with van der Waals surface area (Å²) in [6, 6.07) is 15.6. The van der Waals surface area contributed by atoms with Gasteiger partial charge in [0.15, 0.2) is 0 Å². The molecular formula is C18H18N4O3. The number of nitrogens with one attached hydrogen (secondary N) is 2. The summed E-state index contributed by atoms with van der Waals surface area (Å²) in [5.41, 5.74) is 1.68. The Labute approximate surface area is 144 Å². The number of amides is 2. The van der Waals surface area contributed by atoms with Crippen molar-refractivity contribution in [3.63, 3.8) is 0 Å². The molecule has 7 nitrogen and oxygen atoms in total. The van der Waals surface area contributed by atoms with Crippen LogP contribution in [0.25, 0.3) is 10.9 Å². The van der Waals surface area contributed by atoms with E-state index in [1.807, 2.05) is 18.3 Å². The van der Waals surface area contributed by atoms with Crippen LogP contribution < -0.4 is 10.6 Å². The van der Waals surface area contributed by atoms with Crippen LogP contribution in [0.2, 0.25) is 0 Å². The lowest BCUT2D eigenvalue weighted by Gasteiger charge is -2.09. The molecule has 0 saturated carbocycles. The first kappa shape index (κ1) is 16.5. The number of hydrogen-bond acceptors (Lipinski definition) is 3. The van der Waals surface area contributed by atoms with Gasteiger partial charge in [0.2, 0.25) is 0 Å². The predicted molar refractivity (Wildman–Crippen MR) is 96.7 cm³/mol. The Hall–Kier alpha value is -3.35. The molecule has 3 rings (SSSR count). The van der Waals surface area contributed by atoms with Crippen LogP contribution in [0.4, 0.5) is 16.2 Å². The van der Waals surface area contributed by atoms with Gasteiger partial charge in [-0.25, -0.2) is 4.79 Å². The van der Waals surface area contributed by atoms with Crippen molar-refractivity contribution >= 4 is 28.3 Å². The Balaban J connectivity index is 1.44. The van der Waals surface area contributed by atoms with Gasteiger partial charge in [0, 0.05) is 42.6 Å². The molecule has 2 aromatic carbocycles. The van der Waals surface area contributed by atoms with E-state index in [1.54, 1.807) is 0 Å². The Morgan fingerprint density at radius 2 is 1.84 bits per heavy atom. The van der Waals surface area contributed by atoms with Crippen molar-refractivity contribution in [2.75, 3.05) is 11.9 Å². The van der Waals surface area contributed by atoms with Crippen molar-refractivity contribution in [2.24, 2.45) is 0 Å². The fourth-order valence-electron chi connectivity index (χ4n) is 2.63. The van der Waals surface area contributed by atoms with Gasteiger partial charge < -0.3 is 15.2 Å². The lowest BCUT2D eigenvalue weighted by atomic mass is 10.2. The molecule has 0 bridgehead atoms. The normalized spacial score (nSPS) is 10.6. The lowest BCUT2D eigenvalue weighted by Crippen LogP contribution is -2.30. The molecule has 0 radical (unpaired) electrons. The van der Waals surface area contributed by atoms with E-state index >= 15 is 0 Å². The van der Waals surface area contributed by atoms with E-state index in [0.29, 0.717) is 12.2 Å². The number of anilines is 1. The van der Waals surface area contributed by atoms with Crippen molar-refractivity contribution in [1.29, 1.82) is 0 Å². The van der Waals surface area contributed by atoms with Gasteiger partial charge in [-0.3, -0.25) is 10.1 Å². The van der Waals surface area contributed by atoms with E-state index in [9.17, 15) is 14.9 Å². The second-order valence-electron chi connectivity index (χ2n) is 5.61. The molecule has 7 heteroatoms. The van der Waals surface area contributed by atoms with Crippen LogP contribution in [0.1, 0.15) is 6.42 Å². The average Bonchev–Trinajstić information content (AvgIpc) is 3.02. The number of para-hydroxylation sites is 1. The summed E-state index contributed by atoms with van der Waals surface area (Å²) in [4.78, 5) is 22.0. The zero-order valence-corrected chi connectivity index (χ0v) is 13.5. The highest BCUT2D eigenvalue weighted by molar-refractivity contribution is 5.89. The topological polar surface area (TPSA) is 89.2 Å². The van der Waals surface area contributed by atoms with Gasteiger partial charge in [0.05, 0.1) is 4.92 Å². The van der Waals surface area contributed by atoms with E-state index in [2.05, 4.69) is 33.4 Å². The molecule has 1 heterocycles. The summed E-state index contributed by atoms with van der Waals surface area (Å²) in [5, 5.41) is 17.2. The molecule has 0 fully saturated rings. The highest BCUT2D eigenvalue weighted by Gasteiger charge is 2.06. The summed E-state index contributed by atoms with van der Waals surface area (Å²) in [7, 11) is 0. The molecule has 0 aliphatic rings. The van der Waals surface area contributed by atoms with Crippen LogP contribution in [-0.2, 0) is 6.54 Å². The number of non-ortho nitro benzene ring substituents is 1. The predicted octanol–water partition coefficient (Wildman–Crippen LogP) is 3.76. The van der Waals surface area contributed by atoms with Crippen LogP contribution in [-0.4, -0.2) is 22.1 Å². The molecule has 2 amide bonds. The maximum absolute atomic E-state index is 11.8. The van der Waals surface area contributed by atoms with Gasteiger partial charge in [-0.15, -0.1) is 0 Å². The summed E-state index contributed by atoms with van der Waals surface area (Å²) >= 11 is 0. The first-order chi connectivity index (χ1) is 12.1. The SMILES string of the molecule is O=C(NCCCn1ccc2ccccc21)Nc1ccc([N+](=O)[O-])cc1. The molecule has 1 aromatic heterocycles. The highest BCUT2D eigenvalue weighted by Crippen LogP contribution is 2.16. The number of hydrogen-bond donors (Lipinski definition) is 2. The number of aryl methyl sites for hydroxylation is 1. The van der Waals surface area contributed by atoms with Gasteiger partial charge in [-0.1, -0.05) is 18.2 Å². The number of nitro benzene ring substituents is 1. The number of aromatic nitrogens is 1. The number of carbonyl (C=O) groups is 1. The molecule has 3 aromatic rings. The van der Waals surface area contributed by atoms with Crippen molar-refractivity contribution < 1.29 is 9.72 Å². The van der Waals surface area contributed by atoms with E-state index in [-0.39, 0.29) is 11.7 Å². The van der Waals surface area contributed by atoms with Gasteiger partial charge in [-0.2, -0.15) is 0 Å². The zero-order valence-electron chi connectivity index (χ0n) is 13.5. The maximum Gasteiger partial charge on any atom is 0.319 e. The van der Waals surface area contributed by atoms with Crippen LogP contribution in [0.3, 0.4) is 0 Å².